The van der Waals surface area contributed by atoms with E-state index in [0.717, 1.165) is 86.6 Å². The largest absolute Gasteiger partial charge is 0.481 e. The van der Waals surface area contributed by atoms with Crippen LogP contribution < -0.4 is 18.9 Å². The molecule has 8 saturated carbocycles. The molecule has 8 aliphatic carbocycles. The van der Waals surface area contributed by atoms with Crippen LogP contribution in [0.1, 0.15) is 102 Å². The highest BCUT2D eigenvalue weighted by atomic mass is 127. The van der Waals surface area contributed by atoms with Crippen molar-refractivity contribution in [2.75, 3.05) is 13.2 Å². The Bertz CT molecular complexity index is 2210. The SMILES string of the molecule is CCC1(OC(=O)COc2cc(I)c(Oc3ccc(CCc4ccc(Oc5cc(I)c(OCC(=O)OC6(CC)C7CC8CC(C7)CC6C8)cc5I)cc4)cc3)cc2I)C2CC3CC(C2)CC1C3. The van der Waals surface area contributed by atoms with E-state index in [0.29, 0.717) is 35.2 Å². The first kappa shape index (κ1) is 47.6. The molecule has 0 aliphatic heterocycles. The second kappa shape index (κ2) is 20.0. The number of hydrogen-bond acceptors (Lipinski definition) is 8. The molecule has 12 rings (SSSR count). The minimum absolute atomic E-state index is 0.0910. The number of aryl methyl sites for hydroxylation is 2. The van der Waals surface area contributed by atoms with E-state index in [2.05, 4.69) is 128 Å². The van der Waals surface area contributed by atoms with Crippen LogP contribution in [0.15, 0.2) is 72.8 Å². The average Bonchev–Trinajstić information content (AvgIpc) is 3.30. The van der Waals surface area contributed by atoms with Crippen molar-refractivity contribution in [3.63, 3.8) is 0 Å². The highest BCUT2D eigenvalue weighted by molar-refractivity contribution is 14.1. The van der Waals surface area contributed by atoms with Gasteiger partial charge in [-0.25, -0.2) is 9.59 Å². The van der Waals surface area contributed by atoms with Crippen LogP contribution in [0.25, 0.3) is 0 Å². The summed E-state index contributed by atoms with van der Waals surface area (Å²) >= 11 is 9.03. The van der Waals surface area contributed by atoms with E-state index in [4.69, 9.17) is 28.4 Å². The molecular weight excluding hydrogens is 1280 g/mol. The van der Waals surface area contributed by atoms with Crippen LogP contribution >= 0.6 is 90.4 Å². The number of ether oxygens (including phenoxy) is 6. The lowest BCUT2D eigenvalue weighted by Gasteiger charge is -2.60. The van der Waals surface area contributed by atoms with Gasteiger partial charge in [-0.15, -0.1) is 0 Å². The van der Waals surface area contributed by atoms with E-state index in [1.165, 1.54) is 75.3 Å². The van der Waals surface area contributed by atoms with Gasteiger partial charge in [0, 0.05) is 0 Å². The lowest BCUT2D eigenvalue weighted by molar-refractivity contribution is -0.212. The maximum atomic E-state index is 13.2. The van der Waals surface area contributed by atoms with Crippen LogP contribution in [0.3, 0.4) is 0 Å². The second-order valence-corrected chi connectivity index (χ2v) is 24.8. The van der Waals surface area contributed by atoms with E-state index in [1.807, 2.05) is 48.5 Å². The predicted octanol–water partition coefficient (Wildman–Crippen LogP) is 14.5. The summed E-state index contributed by atoms with van der Waals surface area (Å²) in [7, 11) is 0. The molecule has 0 spiro atoms. The summed E-state index contributed by atoms with van der Waals surface area (Å²) in [5.74, 6) is 9.09. The third kappa shape index (κ3) is 9.83. The van der Waals surface area contributed by atoms with Gasteiger partial charge in [0.05, 0.1) is 14.3 Å². The summed E-state index contributed by atoms with van der Waals surface area (Å²) in [6.45, 7) is 4.20. The van der Waals surface area contributed by atoms with Crippen LogP contribution in [-0.4, -0.2) is 36.4 Å². The predicted molar refractivity (Wildman–Crippen MR) is 287 cm³/mol. The number of esters is 2. The van der Waals surface area contributed by atoms with E-state index < -0.39 is 0 Å². The van der Waals surface area contributed by atoms with E-state index in [1.54, 1.807) is 0 Å². The molecule has 66 heavy (non-hydrogen) atoms. The van der Waals surface area contributed by atoms with Gasteiger partial charge >= 0.3 is 11.9 Å². The van der Waals surface area contributed by atoms with Crippen molar-refractivity contribution >= 4 is 102 Å². The molecule has 0 unspecified atom stereocenters. The van der Waals surface area contributed by atoms with Gasteiger partial charge in [0.2, 0.25) is 0 Å². The molecule has 0 heterocycles. The average molecular weight is 1340 g/mol. The van der Waals surface area contributed by atoms with Crippen molar-refractivity contribution in [1.82, 2.24) is 0 Å². The third-order valence-electron chi connectivity index (χ3n) is 16.4. The van der Waals surface area contributed by atoms with Gasteiger partial charge in [-0.2, -0.15) is 0 Å². The Kier molecular flexibility index (Phi) is 14.4. The Morgan fingerprint density at radius 1 is 0.470 bits per heavy atom. The zero-order valence-electron chi connectivity index (χ0n) is 37.6. The number of rotatable bonds is 17. The summed E-state index contributed by atoms with van der Waals surface area (Å²) < 4.78 is 41.1. The number of carbonyl (C=O) groups is 2. The molecular formula is C54H58I4O8. The van der Waals surface area contributed by atoms with Crippen LogP contribution in [0.4, 0.5) is 0 Å². The molecule has 4 aromatic rings. The fraction of sp³-hybridized carbons (Fsp3) is 0.519. The first-order chi connectivity index (χ1) is 31.9. The van der Waals surface area contributed by atoms with Gasteiger partial charge in [0.25, 0.3) is 0 Å². The van der Waals surface area contributed by atoms with Crippen LogP contribution in [-0.2, 0) is 31.9 Å². The van der Waals surface area contributed by atoms with Crippen molar-refractivity contribution < 1.29 is 38.0 Å². The van der Waals surface area contributed by atoms with Crippen LogP contribution in [0.2, 0.25) is 0 Å². The van der Waals surface area contributed by atoms with Crippen LogP contribution in [0.5, 0.6) is 34.5 Å². The van der Waals surface area contributed by atoms with Crippen molar-refractivity contribution in [2.45, 2.75) is 115 Å². The molecule has 8 aliphatic rings. The Labute approximate surface area is 444 Å². The molecule has 0 radical (unpaired) electrons. The Balaban J connectivity index is 0.675. The van der Waals surface area contributed by atoms with Gasteiger partial charge in [0.15, 0.2) is 13.2 Å². The normalized spacial score (nSPS) is 30.0. The fourth-order valence-corrected chi connectivity index (χ4v) is 16.0. The third-order valence-corrected chi connectivity index (χ3v) is 19.8. The molecule has 4 aromatic carbocycles. The number of carbonyl (C=O) groups excluding carboxylic acids is 2. The maximum absolute atomic E-state index is 13.2. The smallest absolute Gasteiger partial charge is 0.344 e. The summed E-state index contributed by atoms with van der Waals surface area (Å²) in [4.78, 5) is 26.5. The molecule has 0 saturated heterocycles. The molecule has 0 aromatic heterocycles. The van der Waals surface area contributed by atoms with E-state index in [-0.39, 0.29) is 36.4 Å². The number of halogens is 4. The first-order valence-corrected chi connectivity index (χ1v) is 28.4. The van der Waals surface area contributed by atoms with Crippen molar-refractivity contribution in [1.29, 1.82) is 0 Å². The topological polar surface area (TPSA) is 89.5 Å². The minimum Gasteiger partial charge on any atom is -0.481 e. The van der Waals surface area contributed by atoms with Crippen molar-refractivity contribution in [3.05, 3.63) is 98.2 Å². The molecule has 350 valence electrons. The lowest BCUT2D eigenvalue weighted by atomic mass is 9.49. The van der Waals surface area contributed by atoms with Gasteiger partial charge in [-0.05, 0) is 287 Å². The maximum Gasteiger partial charge on any atom is 0.344 e. The van der Waals surface area contributed by atoms with Crippen molar-refractivity contribution in [3.8, 4) is 34.5 Å². The standard InChI is InChI=1S/C54H58I4O8/c1-3-53(37-17-33-15-34(19-37)20-38(53)18-33)65-51(59)29-61-47-25-45(57)49(27-43(47)55)63-41-11-7-31(8-12-41)5-6-32-9-13-42(14-10-32)64-50-28-44(56)48(26-46(50)58)62-30-52(60)66-54(4-2)39-21-35-16-36(23-39)24-40(54)22-35/h7-14,25-28,33-40H,3-6,15-24,29-30H2,1-2H3. The molecule has 0 amide bonds. The summed E-state index contributed by atoms with van der Waals surface area (Å²) in [6.07, 6.45) is 16.0. The Morgan fingerprint density at radius 2 is 0.773 bits per heavy atom. The van der Waals surface area contributed by atoms with Gasteiger partial charge < -0.3 is 28.4 Å². The quantitative estimate of drug-likeness (QED) is 0.0763. The fourth-order valence-electron chi connectivity index (χ4n) is 13.7. The number of hydrogen-bond donors (Lipinski definition) is 0. The molecule has 0 atom stereocenters. The molecule has 0 N–H and O–H groups in total. The summed E-state index contributed by atoms with van der Waals surface area (Å²) in [5.41, 5.74) is 1.81. The molecule has 12 heteroatoms. The summed E-state index contributed by atoms with van der Waals surface area (Å²) in [5, 5.41) is 0. The number of benzene rings is 4. The van der Waals surface area contributed by atoms with Gasteiger partial charge in [-0.3, -0.25) is 0 Å². The minimum atomic E-state index is -0.317. The Hall–Kier alpha value is -2.06. The highest BCUT2D eigenvalue weighted by Gasteiger charge is 2.60. The monoisotopic (exact) mass is 1340 g/mol. The molecule has 8 nitrogen and oxygen atoms in total. The van der Waals surface area contributed by atoms with E-state index in [9.17, 15) is 9.59 Å². The second-order valence-electron chi connectivity index (χ2n) is 20.2. The zero-order valence-corrected chi connectivity index (χ0v) is 46.3. The molecule has 8 fully saturated rings. The molecule has 8 bridgehead atoms. The van der Waals surface area contributed by atoms with Crippen molar-refractivity contribution in [2.24, 2.45) is 47.3 Å². The van der Waals surface area contributed by atoms with Crippen LogP contribution in [0, 0.1) is 61.6 Å². The Morgan fingerprint density at radius 3 is 1.09 bits per heavy atom. The van der Waals surface area contributed by atoms with Gasteiger partial charge in [0.1, 0.15) is 45.7 Å². The first-order valence-electron chi connectivity index (χ1n) is 24.1. The highest BCUT2D eigenvalue weighted by Crippen LogP contribution is 2.62. The van der Waals surface area contributed by atoms with Gasteiger partial charge in [-0.1, -0.05) is 38.1 Å². The summed E-state index contributed by atoms with van der Waals surface area (Å²) in [6, 6.07) is 24.3. The lowest BCUT2D eigenvalue weighted by Crippen LogP contribution is -2.59. The zero-order chi connectivity index (χ0) is 45.7. The van der Waals surface area contributed by atoms with E-state index >= 15 is 0 Å².